The molecule has 104 valence electrons. The normalized spacial score (nSPS) is 11.7. The minimum atomic E-state index is -0.312. The number of carbonyl (C=O) groups excluding carboxylic acids is 2. The highest BCUT2D eigenvalue weighted by Crippen LogP contribution is 2.17. The molecule has 0 saturated carbocycles. The van der Waals surface area contributed by atoms with Crippen molar-refractivity contribution in [3.05, 3.63) is 28.7 Å². The first kappa shape index (κ1) is 16.0. The number of halogens is 1. The fourth-order valence-electron chi connectivity index (χ4n) is 1.25. The zero-order valence-electron chi connectivity index (χ0n) is 10.8. The first-order valence-corrected chi connectivity index (χ1v) is 7.70. The van der Waals surface area contributed by atoms with Crippen molar-refractivity contribution in [1.29, 1.82) is 0 Å². The smallest absolute Gasteiger partial charge is 0.315 e. The van der Waals surface area contributed by atoms with Gasteiger partial charge in [-0.25, -0.2) is 0 Å². The van der Waals surface area contributed by atoms with Crippen LogP contribution in [0.3, 0.4) is 0 Å². The van der Waals surface area contributed by atoms with Gasteiger partial charge in [0.2, 0.25) is 5.91 Å². The summed E-state index contributed by atoms with van der Waals surface area (Å²) >= 11 is 4.59. The molecule has 0 aliphatic heterocycles. The predicted octanol–water partition coefficient (Wildman–Crippen LogP) is 3.07. The lowest BCUT2D eigenvalue weighted by molar-refractivity contribution is -0.139. The van der Waals surface area contributed by atoms with Gasteiger partial charge in [-0.1, -0.05) is 15.9 Å². The summed E-state index contributed by atoms with van der Waals surface area (Å²) in [6, 6.07) is 7.33. The van der Waals surface area contributed by atoms with E-state index < -0.39 is 0 Å². The van der Waals surface area contributed by atoms with E-state index in [2.05, 4.69) is 21.2 Å². The third-order valence-electron chi connectivity index (χ3n) is 2.24. The van der Waals surface area contributed by atoms with Crippen LogP contribution in [0.5, 0.6) is 0 Å². The summed E-state index contributed by atoms with van der Waals surface area (Å²) in [6.45, 7) is 3.88. The fraction of sp³-hybridized carbons (Fsp3) is 0.385. The van der Waals surface area contributed by atoms with E-state index in [9.17, 15) is 9.59 Å². The van der Waals surface area contributed by atoms with Gasteiger partial charge in [0.15, 0.2) is 0 Å². The first-order valence-electron chi connectivity index (χ1n) is 5.86. The number of hydrogen-bond donors (Lipinski definition) is 1. The van der Waals surface area contributed by atoms with E-state index in [1.54, 1.807) is 13.8 Å². The SMILES string of the molecule is CCOC(=O)CSC(C)C(=O)Nc1ccc(Br)cc1. The Kier molecular flexibility index (Phi) is 6.94. The molecule has 1 aromatic carbocycles. The van der Waals surface area contributed by atoms with Crippen molar-refractivity contribution >= 4 is 45.3 Å². The van der Waals surface area contributed by atoms with Crippen LogP contribution in [0.1, 0.15) is 13.8 Å². The first-order chi connectivity index (χ1) is 9.02. The molecule has 0 spiro atoms. The van der Waals surface area contributed by atoms with Crippen LogP contribution >= 0.6 is 27.7 Å². The lowest BCUT2D eigenvalue weighted by Crippen LogP contribution is -2.24. The highest BCUT2D eigenvalue weighted by Gasteiger charge is 2.15. The molecule has 1 atom stereocenters. The number of ether oxygens (including phenoxy) is 1. The van der Waals surface area contributed by atoms with Crippen molar-refractivity contribution in [1.82, 2.24) is 0 Å². The Morgan fingerprint density at radius 1 is 1.37 bits per heavy atom. The molecular weight excluding hydrogens is 330 g/mol. The number of thioether (sulfide) groups is 1. The fourth-order valence-corrected chi connectivity index (χ4v) is 2.19. The third-order valence-corrected chi connectivity index (χ3v) is 3.88. The van der Waals surface area contributed by atoms with Crippen molar-refractivity contribution in [3.63, 3.8) is 0 Å². The lowest BCUT2D eigenvalue weighted by Gasteiger charge is -2.11. The molecule has 0 heterocycles. The standard InChI is InChI=1S/C13H16BrNO3S/c1-3-18-12(16)8-19-9(2)13(17)15-11-6-4-10(14)5-7-11/h4-7,9H,3,8H2,1-2H3,(H,15,17). The number of benzene rings is 1. The van der Waals surface area contributed by atoms with Crippen molar-refractivity contribution < 1.29 is 14.3 Å². The Balaban J connectivity index is 2.40. The molecule has 0 saturated heterocycles. The predicted molar refractivity (Wildman–Crippen MR) is 81.3 cm³/mol. The van der Waals surface area contributed by atoms with Gasteiger partial charge in [0.1, 0.15) is 0 Å². The monoisotopic (exact) mass is 345 g/mol. The number of amides is 1. The minimum absolute atomic E-state index is 0.128. The second-order valence-corrected chi connectivity index (χ2v) is 6.00. The number of rotatable bonds is 6. The van der Waals surface area contributed by atoms with E-state index in [0.717, 1.165) is 10.2 Å². The molecule has 1 amide bonds. The quantitative estimate of drug-likeness (QED) is 0.805. The average molecular weight is 346 g/mol. The Labute approximate surface area is 125 Å². The topological polar surface area (TPSA) is 55.4 Å². The number of anilines is 1. The number of esters is 1. The summed E-state index contributed by atoms with van der Waals surface area (Å²) in [5, 5.41) is 2.48. The van der Waals surface area contributed by atoms with Crippen LogP contribution in [0, 0.1) is 0 Å². The maximum atomic E-state index is 11.9. The second-order valence-electron chi connectivity index (χ2n) is 3.75. The largest absolute Gasteiger partial charge is 0.465 e. The molecule has 0 radical (unpaired) electrons. The van der Waals surface area contributed by atoms with Crippen molar-refractivity contribution in [3.8, 4) is 0 Å². The molecule has 6 heteroatoms. The Morgan fingerprint density at radius 3 is 2.58 bits per heavy atom. The Hall–Kier alpha value is -1.01. The highest BCUT2D eigenvalue weighted by molar-refractivity contribution is 9.10. The zero-order valence-corrected chi connectivity index (χ0v) is 13.2. The van der Waals surface area contributed by atoms with Gasteiger partial charge < -0.3 is 10.1 Å². The summed E-state index contributed by atoms with van der Waals surface area (Å²) in [5.74, 6) is -0.240. The van der Waals surface area contributed by atoms with Crippen LogP contribution in [0.25, 0.3) is 0 Å². The molecule has 0 aliphatic rings. The molecule has 1 rings (SSSR count). The van der Waals surface area contributed by atoms with E-state index in [4.69, 9.17) is 4.74 Å². The molecule has 0 bridgehead atoms. The van der Waals surface area contributed by atoms with Gasteiger partial charge in [-0.15, -0.1) is 11.8 Å². The molecule has 4 nitrogen and oxygen atoms in total. The van der Waals surface area contributed by atoms with Gasteiger partial charge in [0.25, 0.3) is 0 Å². The maximum absolute atomic E-state index is 11.9. The van der Waals surface area contributed by atoms with Crippen LogP contribution in [0.15, 0.2) is 28.7 Å². The van der Waals surface area contributed by atoms with Crippen LogP contribution in [-0.2, 0) is 14.3 Å². The third kappa shape index (κ3) is 6.11. The zero-order chi connectivity index (χ0) is 14.3. The molecule has 1 aromatic rings. The van der Waals surface area contributed by atoms with Gasteiger partial charge in [0.05, 0.1) is 17.6 Å². The number of hydrogen-bond acceptors (Lipinski definition) is 4. The maximum Gasteiger partial charge on any atom is 0.315 e. The molecular formula is C13H16BrNO3S. The van der Waals surface area contributed by atoms with E-state index in [1.165, 1.54) is 11.8 Å². The average Bonchev–Trinajstić information content (AvgIpc) is 2.39. The van der Waals surface area contributed by atoms with Crippen molar-refractivity contribution in [2.45, 2.75) is 19.1 Å². The van der Waals surface area contributed by atoms with E-state index in [0.29, 0.717) is 6.61 Å². The second kappa shape index (κ2) is 8.22. The molecule has 1 unspecified atom stereocenters. The highest BCUT2D eigenvalue weighted by atomic mass is 79.9. The Bertz CT molecular complexity index is 436. The van der Waals surface area contributed by atoms with Crippen LogP contribution in [0.2, 0.25) is 0 Å². The van der Waals surface area contributed by atoms with E-state index in [-0.39, 0.29) is 22.9 Å². The lowest BCUT2D eigenvalue weighted by atomic mass is 10.3. The minimum Gasteiger partial charge on any atom is -0.465 e. The summed E-state index contributed by atoms with van der Waals surface area (Å²) in [5.41, 5.74) is 0.733. The van der Waals surface area contributed by atoms with Crippen molar-refractivity contribution in [2.75, 3.05) is 17.7 Å². The number of nitrogens with one attached hydrogen (secondary N) is 1. The van der Waals surface area contributed by atoms with E-state index >= 15 is 0 Å². The van der Waals surface area contributed by atoms with Crippen LogP contribution in [-0.4, -0.2) is 29.5 Å². The molecule has 0 fully saturated rings. The summed E-state index contributed by atoms with van der Waals surface area (Å²) in [6.07, 6.45) is 0. The Morgan fingerprint density at radius 2 is 2.00 bits per heavy atom. The number of carbonyl (C=O) groups is 2. The summed E-state index contributed by atoms with van der Waals surface area (Å²) in [7, 11) is 0. The van der Waals surface area contributed by atoms with Gasteiger partial charge in [-0.05, 0) is 38.1 Å². The van der Waals surface area contributed by atoms with E-state index in [1.807, 2.05) is 24.3 Å². The van der Waals surface area contributed by atoms with Crippen LogP contribution in [0.4, 0.5) is 5.69 Å². The molecule has 0 aromatic heterocycles. The molecule has 1 N–H and O–H groups in total. The summed E-state index contributed by atoms with van der Waals surface area (Å²) in [4.78, 5) is 23.1. The molecule has 19 heavy (non-hydrogen) atoms. The van der Waals surface area contributed by atoms with Crippen LogP contribution < -0.4 is 5.32 Å². The van der Waals surface area contributed by atoms with Gasteiger partial charge in [-0.3, -0.25) is 9.59 Å². The summed E-state index contributed by atoms with van der Waals surface area (Å²) < 4.78 is 5.76. The van der Waals surface area contributed by atoms with Crippen molar-refractivity contribution in [2.24, 2.45) is 0 Å². The molecule has 0 aliphatic carbocycles. The van der Waals surface area contributed by atoms with Gasteiger partial charge in [0, 0.05) is 10.2 Å². The van der Waals surface area contributed by atoms with Gasteiger partial charge in [-0.2, -0.15) is 0 Å². The van der Waals surface area contributed by atoms with Gasteiger partial charge >= 0.3 is 5.97 Å².